The molecule has 3 rings (SSSR count). The fourth-order valence-corrected chi connectivity index (χ4v) is 4.86. The number of thiocarbonyl (C=S) groups is 1. The van der Waals surface area contributed by atoms with E-state index in [9.17, 15) is 9.59 Å². The Balaban J connectivity index is 1.57. The third kappa shape index (κ3) is 4.62. The van der Waals surface area contributed by atoms with E-state index in [0.29, 0.717) is 27.3 Å². The third-order valence-corrected chi connectivity index (χ3v) is 6.68. The Kier molecular flexibility index (Phi) is 6.29. The topological polar surface area (TPSA) is 62.3 Å². The first-order chi connectivity index (χ1) is 12.5. The number of anilines is 1. The second kappa shape index (κ2) is 8.47. The summed E-state index contributed by atoms with van der Waals surface area (Å²) in [4.78, 5) is 31.0. The number of thiazole rings is 1. The second-order valence-corrected chi connectivity index (χ2v) is 9.08. The van der Waals surface area contributed by atoms with Crippen LogP contribution in [0.3, 0.4) is 0 Å². The van der Waals surface area contributed by atoms with E-state index < -0.39 is 0 Å². The Hall–Kier alpha value is -1.48. The largest absolute Gasteiger partial charge is 0.300 e. The van der Waals surface area contributed by atoms with Gasteiger partial charge in [-0.1, -0.05) is 54.6 Å². The van der Waals surface area contributed by atoms with Crippen LogP contribution in [0.15, 0.2) is 30.5 Å². The normalized spacial score (nSPS) is 17.0. The Labute approximate surface area is 170 Å². The average Bonchev–Trinajstić information content (AvgIpc) is 3.15. The van der Waals surface area contributed by atoms with Gasteiger partial charge in [-0.25, -0.2) is 4.98 Å². The molecule has 2 aromatic rings. The predicted octanol–water partition coefficient (Wildman–Crippen LogP) is 3.96. The zero-order valence-corrected chi connectivity index (χ0v) is 17.1. The Morgan fingerprint density at radius 3 is 2.77 bits per heavy atom. The highest BCUT2D eigenvalue weighted by atomic mass is 35.5. The number of aromatic nitrogens is 1. The molecule has 5 nitrogen and oxygen atoms in total. The van der Waals surface area contributed by atoms with E-state index in [1.165, 1.54) is 28.0 Å². The van der Waals surface area contributed by atoms with Crippen LogP contribution in [-0.2, 0) is 16.0 Å². The number of hydrogen-bond acceptors (Lipinski definition) is 6. The van der Waals surface area contributed by atoms with Gasteiger partial charge in [0.15, 0.2) is 5.13 Å². The molecular formula is C17H16ClN3O2S3. The number of carbonyl (C=O) groups excluding carboxylic acids is 2. The summed E-state index contributed by atoms with van der Waals surface area (Å²) in [6, 6.07) is 7.61. The van der Waals surface area contributed by atoms with Crippen molar-refractivity contribution in [1.29, 1.82) is 0 Å². The van der Waals surface area contributed by atoms with Crippen molar-refractivity contribution in [2.75, 3.05) is 11.9 Å². The van der Waals surface area contributed by atoms with E-state index in [0.717, 1.165) is 10.4 Å². The number of hydrogen-bond donors (Lipinski definition) is 1. The van der Waals surface area contributed by atoms with Crippen molar-refractivity contribution in [3.63, 3.8) is 0 Å². The minimum absolute atomic E-state index is 0.0761. The van der Waals surface area contributed by atoms with Gasteiger partial charge in [-0.05, 0) is 24.1 Å². The van der Waals surface area contributed by atoms with Gasteiger partial charge < -0.3 is 5.32 Å². The van der Waals surface area contributed by atoms with Gasteiger partial charge in [0.1, 0.15) is 10.9 Å². The van der Waals surface area contributed by atoms with Gasteiger partial charge in [0.05, 0.1) is 5.25 Å². The smallest absolute Gasteiger partial charge is 0.246 e. The number of halogens is 1. The molecule has 136 valence electrons. The maximum Gasteiger partial charge on any atom is 0.246 e. The molecule has 0 spiro atoms. The van der Waals surface area contributed by atoms with Gasteiger partial charge in [-0.2, -0.15) is 0 Å². The highest BCUT2D eigenvalue weighted by Gasteiger charge is 2.36. The van der Waals surface area contributed by atoms with Crippen LogP contribution in [0.25, 0.3) is 0 Å². The Morgan fingerprint density at radius 2 is 2.12 bits per heavy atom. The minimum Gasteiger partial charge on any atom is -0.300 e. The van der Waals surface area contributed by atoms with Crippen LogP contribution in [0.2, 0.25) is 5.02 Å². The lowest BCUT2D eigenvalue weighted by Gasteiger charge is -2.14. The van der Waals surface area contributed by atoms with E-state index in [-0.39, 0.29) is 23.6 Å². The number of thioether (sulfide) groups is 1. The Morgan fingerprint density at radius 1 is 1.38 bits per heavy atom. The average molecular weight is 426 g/mol. The second-order valence-electron chi connectivity index (χ2n) is 5.69. The zero-order chi connectivity index (χ0) is 18.7. The molecule has 1 aromatic heterocycles. The first-order valence-corrected chi connectivity index (χ1v) is 10.5. The van der Waals surface area contributed by atoms with Crippen LogP contribution in [0, 0.1) is 0 Å². The summed E-state index contributed by atoms with van der Waals surface area (Å²) in [6.45, 7) is 1.85. The van der Waals surface area contributed by atoms with E-state index in [1.54, 1.807) is 6.20 Å². The first-order valence-electron chi connectivity index (χ1n) is 7.97. The fraction of sp³-hybridized carbons (Fsp3) is 0.294. The molecule has 2 heterocycles. The molecule has 0 bridgehead atoms. The first kappa shape index (κ1) is 19.3. The van der Waals surface area contributed by atoms with Crippen molar-refractivity contribution < 1.29 is 9.59 Å². The quantitative estimate of drug-likeness (QED) is 0.709. The number of nitrogens with zero attached hydrogens (tertiary/aromatic N) is 2. The van der Waals surface area contributed by atoms with Gasteiger partial charge in [0, 0.05) is 22.5 Å². The summed E-state index contributed by atoms with van der Waals surface area (Å²) in [5.41, 5.74) is 1.12. The Bertz CT molecular complexity index is 838. The lowest BCUT2D eigenvalue weighted by molar-refractivity contribution is -0.129. The number of rotatable bonds is 6. The summed E-state index contributed by atoms with van der Waals surface area (Å²) < 4.78 is 0.458. The molecule has 2 amide bonds. The molecule has 9 heteroatoms. The molecule has 1 saturated heterocycles. The monoisotopic (exact) mass is 425 g/mol. The van der Waals surface area contributed by atoms with Crippen LogP contribution >= 0.6 is 46.9 Å². The van der Waals surface area contributed by atoms with Crippen LogP contribution in [0.4, 0.5) is 5.13 Å². The van der Waals surface area contributed by atoms with E-state index in [4.69, 9.17) is 23.8 Å². The molecule has 1 fully saturated rings. The molecule has 1 N–H and O–H groups in total. The summed E-state index contributed by atoms with van der Waals surface area (Å²) >= 11 is 13.8. The lowest BCUT2D eigenvalue weighted by Crippen LogP contribution is -2.38. The molecule has 1 aliphatic rings. The highest BCUT2D eigenvalue weighted by molar-refractivity contribution is 8.24. The van der Waals surface area contributed by atoms with E-state index in [2.05, 4.69) is 10.3 Å². The van der Waals surface area contributed by atoms with Gasteiger partial charge >= 0.3 is 0 Å². The van der Waals surface area contributed by atoms with Gasteiger partial charge in [0.2, 0.25) is 11.8 Å². The fourth-order valence-electron chi connectivity index (χ4n) is 2.45. The van der Waals surface area contributed by atoms with Crippen LogP contribution in [-0.4, -0.2) is 37.8 Å². The number of carbonyl (C=O) groups is 2. The summed E-state index contributed by atoms with van der Waals surface area (Å²) in [5.74, 6) is -0.398. The van der Waals surface area contributed by atoms with Gasteiger partial charge in [0.25, 0.3) is 0 Å². The summed E-state index contributed by atoms with van der Waals surface area (Å²) in [6.07, 6.45) is 3.15. The van der Waals surface area contributed by atoms with Crippen molar-refractivity contribution in [3.05, 3.63) is 45.9 Å². The molecule has 26 heavy (non-hydrogen) atoms. The maximum absolute atomic E-state index is 12.2. The molecular weight excluding hydrogens is 410 g/mol. The minimum atomic E-state index is -0.301. The molecule has 0 radical (unpaired) electrons. The van der Waals surface area contributed by atoms with Crippen LogP contribution < -0.4 is 5.32 Å². The number of amides is 2. The van der Waals surface area contributed by atoms with Crippen molar-refractivity contribution in [2.45, 2.75) is 25.0 Å². The van der Waals surface area contributed by atoms with Crippen molar-refractivity contribution in [1.82, 2.24) is 9.88 Å². The van der Waals surface area contributed by atoms with E-state index >= 15 is 0 Å². The van der Waals surface area contributed by atoms with Crippen LogP contribution in [0.1, 0.15) is 23.8 Å². The van der Waals surface area contributed by atoms with Crippen molar-refractivity contribution >= 4 is 68.2 Å². The molecule has 1 atom stereocenters. The highest BCUT2D eigenvalue weighted by Crippen LogP contribution is 2.29. The molecule has 1 unspecified atom stereocenters. The zero-order valence-electron chi connectivity index (χ0n) is 13.9. The molecule has 1 aromatic carbocycles. The van der Waals surface area contributed by atoms with Gasteiger partial charge in [-0.3, -0.25) is 14.5 Å². The molecule has 0 aliphatic carbocycles. The van der Waals surface area contributed by atoms with Crippen LogP contribution in [0.5, 0.6) is 0 Å². The SMILES string of the molecule is CCC1SC(=S)N(CC(=O)Nc2ncc(Cc3ccc(Cl)cc3)s2)C1=O. The standard InChI is InChI=1S/C17H16ClN3O2S3/c1-2-13-15(23)21(17(24)26-13)9-14(22)20-16-19-8-12(25-16)7-10-3-5-11(18)6-4-10/h3-6,8,13H,2,7,9H2,1H3,(H,19,20,22). The van der Waals surface area contributed by atoms with E-state index in [1.807, 2.05) is 31.2 Å². The maximum atomic E-state index is 12.2. The predicted molar refractivity (Wildman–Crippen MR) is 111 cm³/mol. The van der Waals surface area contributed by atoms with Gasteiger partial charge in [-0.15, -0.1) is 11.3 Å². The lowest BCUT2D eigenvalue weighted by atomic mass is 10.1. The third-order valence-electron chi connectivity index (χ3n) is 3.77. The molecule has 0 saturated carbocycles. The number of nitrogens with one attached hydrogen (secondary N) is 1. The van der Waals surface area contributed by atoms with Crippen molar-refractivity contribution in [3.8, 4) is 0 Å². The van der Waals surface area contributed by atoms with Crippen molar-refractivity contribution in [2.24, 2.45) is 0 Å². The molecule has 1 aliphatic heterocycles. The summed E-state index contributed by atoms with van der Waals surface area (Å²) in [5, 5.41) is 3.77. The number of benzene rings is 1. The summed E-state index contributed by atoms with van der Waals surface area (Å²) in [7, 11) is 0.